The van der Waals surface area contributed by atoms with Crippen molar-refractivity contribution in [2.75, 3.05) is 0 Å². The first-order valence-corrected chi connectivity index (χ1v) is 4.26. The van der Waals surface area contributed by atoms with Gasteiger partial charge in [-0.1, -0.05) is 12.0 Å². The molecule has 2 rings (SSSR count). The van der Waals surface area contributed by atoms with Crippen molar-refractivity contribution in [3.63, 3.8) is 0 Å². The van der Waals surface area contributed by atoms with Crippen LogP contribution in [0, 0.1) is 12.3 Å². The van der Waals surface area contributed by atoms with Gasteiger partial charge in [0.05, 0.1) is 6.20 Å². The second-order valence-electron chi connectivity index (χ2n) is 2.87. The highest BCUT2D eigenvalue weighted by Gasteiger charge is 1.99. The number of rotatable bonds is 2. The molecule has 0 unspecified atom stereocenters. The van der Waals surface area contributed by atoms with E-state index in [4.69, 9.17) is 6.42 Å². The molecule has 0 bridgehead atoms. The quantitative estimate of drug-likeness (QED) is 0.662. The van der Waals surface area contributed by atoms with E-state index in [1.807, 2.05) is 18.3 Å². The minimum Gasteiger partial charge on any atom is -0.264 e. The Morgan fingerprint density at radius 1 is 1.36 bits per heavy atom. The topological polar surface area (TPSA) is 30.7 Å². The van der Waals surface area contributed by atoms with Crippen LogP contribution in [0.2, 0.25) is 0 Å². The van der Waals surface area contributed by atoms with E-state index in [1.54, 1.807) is 23.3 Å². The van der Waals surface area contributed by atoms with Gasteiger partial charge in [-0.05, 0) is 6.07 Å². The molecular formula is C11H9N3. The zero-order chi connectivity index (χ0) is 9.80. The molecule has 0 fully saturated rings. The van der Waals surface area contributed by atoms with Crippen LogP contribution in [-0.2, 0) is 6.54 Å². The average molecular weight is 183 g/mol. The zero-order valence-electron chi connectivity index (χ0n) is 7.59. The summed E-state index contributed by atoms with van der Waals surface area (Å²) in [5, 5.41) is 4.13. The van der Waals surface area contributed by atoms with Crippen molar-refractivity contribution in [2.45, 2.75) is 6.54 Å². The van der Waals surface area contributed by atoms with Gasteiger partial charge in [0, 0.05) is 29.7 Å². The van der Waals surface area contributed by atoms with Gasteiger partial charge in [0.25, 0.3) is 0 Å². The van der Waals surface area contributed by atoms with Crippen molar-refractivity contribution in [2.24, 2.45) is 0 Å². The molecule has 0 spiro atoms. The molecule has 0 aliphatic rings. The first-order valence-electron chi connectivity index (χ1n) is 4.26. The summed E-state index contributed by atoms with van der Waals surface area (Å²) < 4.78 is 1.72. The van der Waals surface area contributed by atoms with E-state index < -0.39 is 0 Å². The van der Waals surface area contributed by atoms with Crippen LogP contribution in [-0.4, -0.2) is 14.8 Å². The van der Waals surface area contributed by atoms with E-state index in [9.17, 15) is 0 Å². The molecule has 3 nitrogen and oxygen atoms in total. The van der Waals surface area contributed by atoms with Crippen LogP contribution in [0.3, 0.4) is 0 Å². The largest absolute Gasteiger partial charge is 0.264 e. The van der Waals surface area contributed by atoms with Crippen LogP contribution in [0.4, 0.5) is 0 Å². The standard InChI is InChI=1S/C11H9N3/c1-2-6-14-9-11(8-13-14)10-4-3-5-12-7-10/h1,3-5,7-9H,6H2. The molecule has 0 amide bonds. The van der Waals surface area contributed by atoms with Gasteiger partial charge in [-0.25, -0.2) is 0 Å². The minimum absolute atomic E-state index is 0.500. The first kappa shape index (κ1) is 8.52. The summed E-state index contributed by atoms with van der Waals surface area (Å²) in [7, 11) is 0. The number of hydrogen-bond donors (Lipinski definition) is 0. The molecule has 0 aliphatic carbocycles. The number of nitrogens with zero attached hydrogens (tertiary/aromatic N) is 3. The van der Waals surface area contributed by atoms with E-state index in [-0.39, 0.29) is 0 Å². The lowest BCUT2D eigenvalue weighted by Gasteiger charge is -1.93. The van der Waals surface area contributed by atoms with E-state index in [1.165, 1.54) is 0 Å². The van der Waals surface area contributed by atoms with Gasteiger partial charge < -0.3 is 0 Å². The maximum atomic E-state index is 5.19. The fraction of sp³-hybridized carbons (Fsp3) is 0.0909. The lowest BCUT2D eigenvalue weighted by molar-refractivity contribution is 0.716. The molecule has 2 aromatic rings. The van der Waals surface area contributed by atoms with E-state index in [2.05, 4.69) is 16.0 Å². The Balaban J connectivity index is 2.31. The van der Waals surface area contributed by atoms with Crippen molar-refractivity contribution in [3.8, 4) is 23.5 Å². The zero-order valence-corrected chi connectivity index (χ0v) is 7.59. The van der Waals surface area contributed by atoms with Crippen LogP contribution in [0.15, 0.2) is 36.9 Å². The van der Waals surface area contributed by atoms with Crippen molar-refractivity contribution in [3.05, 3.63) is 36.9 Å². The molecular weight excluding hydrogens is 174 g/mol. The second-order valence-corrected chi connectivity index (χ2v) is 2.87. The summed E-state index contributed by atoms with van der Waals surface area (Å²) in [6.45, 7) is 0.500. The Kier molecular flexibility index (Phi) is 2.28. The van der Waals surface area contributed by atoms with Crippen molar-refractivity contribution in [1.82, 2.24) is 14.8 Å². The molecule has 3 heteroatoms. The van der Waals surface area contributed by atoms with Crippen LogP contribution >= 0.6 is 0 Å². The second kappa shape index (κ2) is 3.75. The average Bonchev–Trinajstić information content (AvgIpc) is 2.68. The lowest BCUT2D eigenvalue weighted by Crippen LogP contribution is -1.93. The van der Waals surface area contributed by atoms with Crippen LogP contribution in [0.25, 0.3) is 11.1 Å². The number of aromatic nitrogens is 3. The molecule has 0 radical (unpaired) electrons. The van der Waals surface area contributed by atoms with Crippen LogP contribution in [0.1, 0.15) is 0 Å². The summed E-state index contributed by atoms with van der Waals surface area (Å²) in [4.78, 5) is 4.04. The molecule has 2 heterocycles. The molecule has 0 aliphatic heterocycles. The Hall–Kier alpha value is -2.08. The molecule has 0 saturated heterocycles. The molecule has 0 N–H and O–H groups in total. The monoisotopic (exact) mass is 183 g/mol. The van der Waals surface area contributed by atoms with Gasteiger partial charge in [0.15, 0.2) is 0 Å². The summed E-state index contributed by atoms with van der Waals surface area (Å²) in [5.41, 5.74) is 2.09. The Morgan fingerprint density at radius 3 is 3.00 bits per heavy atom. The minimum atomic E-state index is 0.500. The highest BCUT2D eigenvalue weighted by Crippen LogP contribution is 2.15. The third-order valence-corrected chi connectivity index (χ3v) is 1.88. The summed E-state index contributed by atoms with van der Waals surface area (Å²) in [6, 6.07) is 3.89. The Labute approximate surface area is 82.4 Å². The first-order chi connectivity index (χ1) is 6.90. The van der Waals surface area contributed by atoms with Crippen molar-refractivity contribution in [1.29, 1.82) is 0 Å². The third kappa shape index (κ3) is 1.64. The Morgan fingerprint density at radius 2 is 2.29 bits per heavy atom. The van der Waals surface area contributed by atoms with Crippen molar-refractivity contribution >= 4 is 0 Å². The lowest BCUT2D eigenvalue weighted by atomic mass is 10.2. The fourth-order valence-corrected chi connectivity index (χ4v) is 1.23. The third-order valence-electron chi connectivity index (χ3n) is 1.88. The summed E-state index contributed by atoms with van der Waals surface area (Å²) in [6.07, 6.45) is 12.4. The predicted molar refractivity (Wildman–Crippen MR) is 54.3 cm³/mol. The summed E-state index contributed by atoms with van der Waals surface area (Å²) in [5.74, 6) is 2.53. The molecule has 2 aromatic heterocycles. The molecule has 0 aromatic carbocycles. The smallest absolute Gasteiger partial charge is 0.101 e. The molecule has 0 saturated carbocycles. The molecule has 68 valence electrons. The number of terminal acetylenes is 1. The maximum absolute atomic E-state index is 5.19. The van der Waals surface area contributed by atoms with Gasteiger partial charge in [-0.2, -0.15) is 5.10 Å². The van der Waals surface area contributed by atoms with Gasteiger partial charge in [0.2, 0.25) is 0 Å². The van der Waals surface area contributed by atoms with Gasteiger partial charge in [-0.3, -0.25) is 9.67 Å². The number of hydrogen-bond acceptors (Lipinski definition) is 2. The fourth-order valence-electron chi connectivity index (χ4n) is 1.23. The SMILES string of the molecule is C#CCn1cc(-c2cccnc2)cn1. The molecule has 14 heavy (non-hydrogen) atoms. The summed E-state index contributed by atoms with van der Waals surface area (Å²) >= 11 is 0. The van der Waals surface area contributed by atoms with E-state index in [0.717, 1.165) is 11.1 Å². The van der Waals surface area contributed by atoms with Crippen molar-refractivity contribution < 1.29 is 0 Å². The van der Waals surface area contributed by atoms with E-state index >= 15 is 0 Å². The van der Waals surface area contributed by atoms with Crippen LogP contribution in [0.5, 0.6) is 0 Å². The van der Waals surface area contributed by atoms with Gasteiger partial charge in [-0.15, -0.1) is 6.42 Å². The predicted octanol–water partition coefficient (Wildman–Crippen LogP) is 1.58. The highest BCUT2D eigenvalue weighted by atomic mass is 15.3. The highest BCUT2D eigenvalue weighted by molar-refractivity contribution is 5.60. The normalized spacial score (nSPS) is 9.64. The van der Waals surface area contributed by atoms with E-state index in [0.29, 0.717) is 6.54 Å². The molecule has 0 atom stereocenters. The van der Waals surface area contributed by atoms with Gasteiger partial charge in [0.1, 0.15) is 6.54 Å². The Bertz CT molecular complexity index is 451. The maximum Gasteiger partial charge on any atom is 0.101 e. The van der Waals surface area contributed by atoms with Gasteiger partial charge >= 0.3 is 0 Å². The number of pyridine rings is 1. The van der Waals surface area contributed by atoms with Crippen LogP contribution < -0.4 is 0 Å².